The van der Waals surface area contributed by atoms with E-state index in [0.717, 1.165) is 16.3 Å². The van der Waals surface area contributed by atoms with Gasteiger partial charge >= 0.3 is 0 Å². The van der Waals surface area contributed by atoms with Gasteiger partial charge in [-0.2, -0.15) is 5.10 Å². The number of aromatic nitrogens is 2. The highest BCUT2D eigenvalue weighted by molar-refractivity contribution is 5.92. The van der Waals surface area contributed by atoms with Gasteiger partial charge in [-0.05, 0) is 22.4 Å². The molecule has 0 spiro atoms. The summed E-state index contributed by atoms with van der Waals surface area (Å²) in [5.41, 5.74) is 0.967. The third kappa shape index (κ3) is 2.74. The summed E-state index contributed by atoms with van der Waals surface area (Å²) in [6.07, 6.45) is 0. The summed E-state index contributed by atoms with van der Waals surface area (Å²) in [6, 6.07) is 16.8. The second-order valence-corrected chi connectivity index (χ2v) is 5.11. The summed E-state index contributed by atoms with van der Waals surface area (Å²) in [6.45, 7) is 0.473. The van der Waals surface area contributed by atoms with Crippen molar-refractivity contribution in [2.45, 2.75) is 6.54 Å². The number of rotatable bonds is 3. The van der Waals surface area contributed by atoms with Crippen LogP contribution < -0.4 is 5.56 Å². The Labute approximate surface area is 127 Å². The zero-order valence-corrected chi connectivity index (χ0v) is 12.1. The number of aromatic amines is 1. The second-order valence-electron chi connectivity index (χ2n) is 5.11. The van der Waals surface area contributed by atoms with Crippen molar-refractivity contribution in [2.24, 2.45) is 0 Å². The molecule has 3 aromatic rings. The molecule has 0 fully saturated rings. The van der Waals surface area contributed by atoms with Gasteiger partial charge in [-0.15, -0.1) is 0 Å². The molecule has 0 aliphatic heterocycles. The number of hydrogen-bond acceptors (Lipinski definition) is 3. The molecule has 0 atom stereocenters. The Balaban J connectivity index is 1.86. The number of nitrogens with one attached hydrogen (secondary N) is 1. The van der Waals surface area contributed by atoms with Crippen molar-refractivity contribution in [3.8, 4) is 0 Å². The van der Waals surface area contributed by atoms with Gasteiger partial charge in [-0.3, -0.25) is 9.59 Å². The SMILES string of the molecule is CN(Cc1cccc2ccccc12)C(=O)c1ccc(=O)[nH]n1. The van der Waals surface area contributed by atoms with E-state index in [9.17, 15) is 9.59 Å². The molecule has 0 saturated carbocycles. The van der Waals surface area contributed by atoms with Gasteiger partial charge in [0, 0.05) is 19.7 Å². The standard InChI is InChI=1S/C17H15N3O2/c1-20(17(22)15-9-10-16(21)19-18-15)11-13-7-4-6-12-5-2-3-8-14(12)13/h2-10H,11H2,1H3,(H,19,21). The van der Waals surface area contributed by atoms with E-state index in [0.29, 0.717) is 6.54 Å². The van der Waals surface area contributed by atoms with Gasteiger partial charge in [-0.25, -0.2) is 5.10 Å². The van der Waals surface area contributed by atoms with Crippen LogP contribution >= 0.6 is 0 Å². The summed E-state index contributed by atoms with van der Waals surface area (Å²) in [7, 11) is 1.72. The van der Waals surface area contributed by atoms with Crippen LogP contribution in [0.3, 0.4) is 0 Å². The average molecular weight is 293 g/mol. The molecule has 0 aliphatic rings. The average Bonchev–Trinajstić information content (AvgIpc) is 2.55. The highest BCUT2D eigenvalue weighted by Crippen LogP contribution is 2.20. The van der Waals surface area contributed by atoms with Crippen LogP contribution in [-0.4, -0.2) is 28.1 Å². The lowest BCUT2D eigenvalue weighted by Gasteiger charge is -2.17. The van der Waals surface area contributed by atoms with E-state index in [1.54, 1.807) is 11.9 Å². The van der Waals surface area contributed by atoms with Crippen LogP contribution in [0.1, 0.15) is 16.1 Å². The molecule has 2 aromatic carbocycles. The van der Waals surface area contributed by atoms with E-state index < -0.39 is 0 Å². The summed E-state index contributed by atoms with van der Waals surface area (Å²) in [4.78, 5) is 24.9. The normalized spacial score (nSPS) is 10.6. The Morgan fingerprint density at radius 3 is 2.64 bits per heavy atom. The highest BCUT2D eigenvalue weighted by atomic mass is 16.2. The lowest BCUT2D eigenvalue weighted by atomic mass is 10.0. The maximum atomic E-state index is 12.3. The van der Waals surface area contributed by atoms with Gasteiger partial charge in [-0.1, -0.05) is 42.5 Å². The van der Waals surface area contributed by atoms with Crippen LogP contribution in [0.4, 0.5) is 0 Å². The zero-order valence-electron chi connectivity index (χ0n) is 12.1. The fourth-order valence-corrected chi connectivity index (χ4v) is 2.42. The first kappa shape index (κ1) is 14.0. The van der Waals surface area contributed by atoms with E-state index in [4.69, 9.17) is 0 Å². The molecular formula is C17H15N3O2. The molecule has 5 heteroatoms. The van der Waals surface area contributed by atoms with Crippen LogP contribution in [0, 0.1) is 0 Å². The van der Waals surface area contributed by atoms with Crippen LogP contribution in [-0.2, 0) is 6.54 Å². The third-order valence-corrected chi connectivity index (χ3v) is 3.53. The predicted molar refractivity (Wildman–Crippen MR) is 84.6 cm³/mol. The molecule has 1 N–H and O–H groups in total. The van der Waals surface area contributed by atoms with Crippen molar-refractivity contribution in [3.63, 3.8) is 0 Å². The van der Waals surface area contributed by atoms with Crippen molar-refractivity contribution in [1.29, 1.82) is 0 Å². The van der Waals surface area contributed by atoms with Gasteiger partial charge in [0.15, 0.2) is 0 Å². The van der Waals surface area contributed by atoms with Crippen molar-refractivity contribution >= 4 is 16.7 Å². The number of fused-ring (bicyclic) bond motifs is 1. The predicted octanol–water partition coefficient (Wildman–Crippen LogP) is 2.20. The van der Waals surface area contributed by atoms with Crippen LogP contribution in [0.25, 0.3) is 10.8 Å². The van der Waals surface area contributed by atoms with E-state index >= 15 is 0 Å². The second kappa shape index (κ2) is 5.81. The molecule has 0 aliphatic carbocycles. The largest absolute Gasteiger partial charge is 0.336 e. The number of carbonyl (C=O) groups is 1. The first-order chi connectivity index (χ1) is 10.6. The van der Waals surface area contributed by atoms with E-state index in [2.05, 4.69) is 10.2 Å². The molecule has 0 radical (unpaired) electrons. The highest BCUT2D eigenvalue weighted by Gasteiger charge is 2.14. The van der Waals surface area contributed by atoms with Crippen molar-refractivity contribution in [3.05, 3.63) is 76.2 Å². The molecule has 0 bridgehead atoms. The zero-order chi connectivity index (χ0) is 15.5. The maximum absolute atomic E-state index is 12.3. The van der Waals surface area contributed by atoms with Crippen LogP contribution in [0.5, 0.6) is 0 Å². The van der Waals surface area contributed by atoms with Crippen LogP contribution in [0.15, 0.2) is 59.4 Å². The van der Waals surface area contributed by atoms with Crippen molar-refractivity contribution in [2.75, 3.05) is 7.05 Å². The minimum absolute atomic E-state index is 0.224. The smallest absolute Gasteiger partial charge is 0.274 e. The minimum Gasteiger partial charge on any atom is -0.336 e. The number of nitrogens with zero attached hydrogens (tertiary/aromatic N) is 2. The molecule has 1 amide bonds. The lowest BCUT2D eigenvalue weighted by molar-refractivity contribution is 0.0778. The molecule has 1 aromatic heterocycles. The number of benzene rings is 2. The summed E-state index contributed by atoms with van der Waals surface area (Å²) in [5.74, 6) is -0.232. The Morgan fingerprint density at radius 2 is 1.86 bits per heavy atom. The summed E-state index contributed by atoms with van der Waals surface area (Å²) < 4.78 is 0. The Morgan fingerprint density at radius 1 is 1.09 bits per heavy atom. The van der Waals surface area contributed by atoms with E-state index in [-0.39, 0.29) is 17.2 Å². The first-order valence-corrected chi connectivity index (χ1v) is 6.93. The van der Waals surface area contributed by atoms with Crippen LogP contribution in [0.2, 0.25) is 0 Å². The number of carbonyl (C=O) groups excluding carboxylic acids is 1. The topological polar surface area (TPSA) is 66.1 Å². The molecule has 3 rings (SSSR count). The molecule has 0 unspecified atom stereocenters. The number of hydrogen-bond donors (Lipinski definition) is 1. The number of amides is 1. The molecular weight excluding hydrogens is 278 g/mol. The Bertz CT molecular complexity index is 860. The van der Waals surface area contributed by atoms with Crippen molar-refractivity contribution < 1.29 is 4.79 Å². The minimum atomic E-state index is -0.326. The lowest BCUT2D eigenvalue weighted by Crippen LogP contribution is -2.28. The van der Waals surface area contributed by atoms with Gasteiger partial charge < -0.3 is 4.90 Å². The van der Waals surface area contributed by atoms with E-state index in [1.165, 1.54) is 12.1 Å². The molecule has 22 heavy (non-hydrogen) atoms. The van der Waals surface area contributed by atoms with Crippen molar-refractivity contribution in [1.82, 2.24) is 15.1 Å². The van der Waals surface area contributed by atoms with Gasteiger partial charge in [0.05, 0.1) is 0 Å². The third-order valence-electron chi connectivity index (χ3n) is 3.53. The molecule has 1 heterocycles. The Kier molecular flexibility index (Phi) is 3.70. The summed E-state index contributed by atoms with van der Waals surface area (Å²) >= 11 is 0. The van der Waals surface area contributed by atoms with E-state index in [1.807, 2.05) is 42.5 Å². The van der Waals surface area contributed by atoms with Gasteiger partial charge in [0.1, 0.15) is 5.69 Å². The van der Waals surface area contributed by atoms with Gasteiger partial charge in [0.2, 0.25) is 0 Å². The molecule has 0 saturated heterocycles. The molecule has 110 valence electrons. The fraction of sp³-hybridized carbons (Fsp3) is 0.118. The quantitative estimate of drug-likeness (QED) is 0.805. The van der Waals surface area contributed by atoms with Gasteiger partial charge in [0.25, 0.3) is 11.5 Å². The maximum Gasteiger partial charge on any atom is 0.274 e. The molecule has 5 nitrogen and oxygen atoms in total. The first-order valence-electron chi connectivity index (χ1n) is 6.93. The number of H-pyrrole nitrogens is 1. The summed E-state index contributed by atoms with van der Waals surface area (Å²) in [5, 5.41) is 8.32. The monoisotopic (exact) mass is 293 g/mol. The fourth-order valence-electron chi connectivity index (χ4n) is 2.42. The Hall–Kier alpha value is -2.95.